The molecule has 1 N–H and O–H groups in total. The third kappa shape index (κ3) is 7.12. The summed E-state index contributed by atoms with van der Waals surface area (Å²) in [6.45, 7) is 8.68. The van der Waals surface area contributed by atoms with Gasteiger partial charge >= 0.3 is 0 Å². The van der Waals surface area contributed by atoms with Crippen LogP contribution in [-0.2, 0) is 11.3 Å². The van der Waals surface area contributed by atoms with Crippen molar-refractivity contribution in [3.05, 3.63) is 58.1 Å². The summed E-state index contributed by atoms with van der Waals surface area (Å²) in [5, 5.41) is 12.0. The van der Waals surface area contributed by atoms with E-state index >= 15 is 0 Å². The standard InChI is InChI=1S/C28H37ClN2O4/c1-21-15-25(16-22(2)27(21)29)35-20-28(33)10-5-11-30(19-28)18-23-7-3-8-24(17-23)34-14-6-13-31-12-4-9-26(31)32/h3,7-8,15-17,33H,4-6,9-14,18-20H2,1-2H3/t28-/m0/s1. The van der Waals surface area contributed by atoms with Gasteiger partial charge in [0.1, 0.15) is 23.7 Å². The summed E-state index contributed by atoms with van der Waals surface area (Å²) in [6, 6.07) is 12.0. The van der Waals surface area contributed by atoms with Gasteiger partial charge < -0.3 is 19.5 Å². The predicted octanol–water partition coefficient (Wildman–Crippen LogP) is 4.75. The fourth-order valence-corrected chi connectivity index (χ4v) is 5.15. The van der Waals surface area contributed by atoms with E-state index in [1.54, 1.807) is 0 Å². The minimum Gasteiger partial charge on any atom is -0.494 e. The Morgan fingerprint density at radius 1 is 1.06 bits per heavy atom. The van der Waals surface area contributed by atoms with Gasteiger partial charge in [-0.15, -0.1) is 0 Å². The molecule has 2 aliphatic heterocycles. The first kappa shape index (κ1) is 25.8. The lowest BCUT2D eigenvalue weighted by Gasteiger charge is -2.39. The van der Waals surface area contributed by atoms with Crippen molar-refractivity contribution in [2.45, 2.75) is 58.1 Å². The Morgan fingerprint density at radius 2 is 1.86 bits per heavy atom. The molecule has 2 fully saturated rings. The molecule has 2 aliphatic rings. The van der Waals surface area contributed by atoms with Gasteiger partial charge in [-0.05, 0) is 87.0 Å². The summed E-state index contributed by atoms with van der Waals surface area (Å²) in [4.78, 5) is 15.9. The number of halogens is 1. The molecule has 2 heterocycles. The molecule has 0 saturated carbocycles. The second-order valence-corrected chi connectivity index (χ2v) is 10.4. The normalized spacial score (nSPS) is 20.9. The van der Waals surface area contributed by atoms with Crippen LogP contribution in [0, 0.1) is 13.8 Å². The summed E-state index contributed by atoms with van der Waals surface area (Å²) < 4.78 is 12.0. The van der Waals surface area contributed by atoms with E-state index in [9.17, 15) is 9.90 Å². The number of aliphatic hydroxyl groups is 1. The first-order chi connectivity index (χ1) is 16.8. The number of amides is 1. The van der Waals surface area contributed by atoms with Gasteiger partial charge in [-0.2, -0.15) is 0 Å². The molecule has 0 bridgehead atoms. The van der Waals surface area contributed by atoms with E-state index in [1.165, 1.54) is 0 Å². The quantitative estimate of drug-likeness (QED) is 0.477. The van der Waals surface area contributed by atoms with Gasteiger partial charge in [0.25, 0.3) is 0 Å². The third-order valence-electron chi connectivity index (χ3n) is 6.87. The number of ether oxygens (including phenoxy) is 2. The van der Waals surface area contributed by atoms with E-state index in [4.69, 9.17) is 21.1 Å². The highest BCUT2D eigenvalue weighted by Gasteiger charge is 2.34. The second-order valence-electron chi connectivity index (χ2n) is 10.0. The monoisotopic (exact) mass is 500 g/mol. The summed E-state index contributed by atoms with van der Waals surface area (Å²) in [6.07, 6.45) is 4.13. The van der Waals surface area contributed by atoms with E-state index in [0.29, 0.717) is 19.6 Å². The average molecular weight is 501 g/mol. The molecule has 190 valence electrons. The van der Waals surface area contributed by atoms with Gasteiger partial charge in [0.05, 0.1) is 6.61 Å². The Kier molecular flexibility index (Phi) is 8.58. The van der Waals surface area contributed by atoms with E-state index in [-0.39, 0.29) is 12.5 Å². The summed E-state index contributed by atoms with van der Waals surface area (Å²) in [5.74, 6) is 1.85. The van der Waals surface area contributed by atoms with Crippen molar-refractivity contribution < 1.29 is 19.4 Å². The van der Waals surface area contributed by atoms with Crippen molar-refractivity contribution in [1.29, 1.82) is 0 Å². The van der Waals surface area contributed by atoms with E-state index in [1.807, 2.05) is 43.0 Å². The van der Waals surface area contributed by atoms with Crippen molar-refractivity contribution in [3.8, 4) is 11.5 Å². The fraction of sp³-hybridized carbons (Fsp3) is 0.536. The molecule has 35 heavy (non-hydrogen) atoms. The zero-order valence-electron chi connectivity index (χ0n) is 20.9. The number of carbonyl (C=O) groups is 1. The van der Waals surface area contributed by atoms with Crippen LogP contribution < -0.4 is 9.47 Å². The smallest absolute Gasteiger partial charge is 0.222 e. The number of carbonyl (C=O) groups excluding carboxylic acids is 1. The third-order valence-corrected chi connectivity index (χ3v) is 7.47. The van der Waals surface area contributed by atoms with Crippen molar-refractivity contribution in [2.24, 2.45) is 0 Å². The molecule has 0 aliphatic carbocycles. The molecule has 0 unspecified atom stereocenters. The molecular formula is C28H37ClN2O4. The van der Waals surface area contributed by atoms with Crippen LogP contribution in [0.25, 0.3) is 0 Å². The van der Waals surface area contributed by atoms with Crippen LogP contribution in [0.3, 0.4) is 0 Å². The first-order valence-corrected chi connectivity index (χ1v) is 13.0. The number of rotatable bonds is 10. The largest absolute Gasteiger partial charge is 0.494 e. The van der Waals surface area contributed by atoms with Gasteiger partial charge in [0.15, 0.2) is 0 Å². The van der Waals surface area contributed by atoms with E-state index in [0.717, 1.165) is 85.1 Å². The molecule has 1 atom stereocenters. The number of benzene rings is 2. The zero-order chi connectivity index (χ0) is 24.8. The second kappa shape index (κ2) is 11.6. The molecule has 2 aromatic carbocycles. The Hall–Kier alpha value is -2.28. The molecule has 2 aromatic rings. The van der Waals surface area contributed by atoms with E-state index < -0.39 is 5.60 Å². The number of β-amino-alcohol motifs (C(OH)–C–C–N with tert-alkyl or cyclic N) is 1. The summed E-state index contributed by atoms with van der Waals surface area (Å²) in [7, 11) is 0. The van der Waals surface area contributed by atoms with Crippen molar-refractivity contribution in [3.63, 3.8) is 0 Å². The number of piperidine rings is 1. The molecule has 6 nitrogen and oxygen atoms in total. The van der Waals surface area contributed by atoms with Gasteiger partial charge in [-0.1, -0.05) is 23.7 Å². The fourth-order valence-electron chi connectivity index (χ4n) is 5.04. The molecule has 2 saturated heterocycles. The maximum Gasteiger partial charge on any atom is 0.222 e. The van der Waals surface area contributed by atoms with Gasteiger partial charge in [0.2, 0.25) is 5.91 Å². The van der Waals surface area contributed by atoms with Gasteiger partial charge in [0, 0.05) is 37.6 Å². The van der Waals surface area contributed by atoms with Crippen LogP contribution in [0.4, 0.5) is 0 Å². The minimum atomic E-state index is -0.888. The van der Waals surface area contributed by atoms with Gasteiger partial charge in [-0.3, -0.25) is 9.69 Å². The summed E-state index contributed by atoms with van der Waals surface area (Å²) >= 11 is 6.27. The number of likely N-dealkylation sites (tertiary alicyclic amines) is 2. The average Bonchev–Trinajstić information content (AvgIpc) is 3.24. The summed E-state index contributed by atoms with van der Waals surface area (Å²) in [5.41, 5.74) is 2.23. The lowest BCUT2D eigenvalue weighted by Crippen LogP contribution is -2.51. The minimum absolute atomic E-state index is 0.257. The first-order valence-electron chi connectivity index (χ1n) is 12.7. The van der Waals surface area contributed by atoms with E-state index in [2.05, 4.69) is 17.0 Å². The highest BCUT2D eigenvalue weighted by atomic mass is 35.5. The predicted molar refractivity (Wildman–Crippen MR) is 138 cm³/mol. The van der Waals surface area contributed by atoms with Crippen LogP contribution in [-0.4, -0.2) is 65.8 Å². The maximum atomic E-state index is 11.7. The number of hydrogen-bond acceptors (Lipinski definition) is 5. The number of aryl methyl sites for hydroxylation is 2. The topological polar surface area (TPSA) is 62.2 Å². The highest BCUT2D eigenvalue weighted by Crippen LogP contribution is 2.28. The van der Waals surface area contributed by atoms with Crippen LogP contribution in [0.15, 0.2) is 36.4 Å². The number of nitrogens with zero attached hydrogens (tertiary/aromatic N) is 2. The number of hydrogen-bond donors (Lipinski definition) is 1. The molecule has 0 spiro atoms. The molecule has 0 radical (unpaired) electrons. The van der Waals surface area contributed by atoms with Crippen LogP contribution in [0.5, 0.6) is 11.5 Å². The highest BCUT2D eigenvalue weighted by molar-refractivity contribution is 6.32. The van der Waals surface area contributed by atoms with Crippen LogP contribution in [0.2, 0.25) is 5.02 Å². The van der Waals surface area contributed by atoms with Crippen molar-refractivity contribution in [1.82, 2.24) is 9.80 Å². The molecule has 7 heteroatoms. The SMILES string of the molecule is Cc1cc(OC[C@]2(O)CCCN(Cc3cccc(OCCCN4CCCC4=O)c3)C2)cc(C)c1Cl. The maximum absolute atomic E-state index is 11.7. The Labute approximate surface area is 213 Å². The lowest BCUT2D eigenvalue weighted by molar-refractivity contribution is -0.127. The Morgan fingerprint density at radius 3 is 2.60 bits per heavy atom. The van der Waals surface area contributed by atoms with Crippen molar-refractivity contribution >= 4 is 17.5 Å². The Balaban J connectivity index is 1.26. The molecular weight excluding hydrogens is 464 g/mol. The molecule has 4 rings (SSSR count). The Bertz CT molecular complexity index is 1010. The lowest BCUT2D eigenvalue weighted by atomic mass is 9.93. The molecule has 0 aromatic heterocycles. The van der Waals surface area contributed by atoms with Crippen LogP contribution in [0.1, 0.15) is 48.8 Å². The van der Waals surface area contributed by atoms with Crippen molar-refractivity contribution in [2.75, 3.05) is 39.4 Å². The zero-order valence-corrected chi connectivity index (χ0v) is 21.6. The van der Waals surface area contributed by atoms with Crippen LogP contribution >= 0.6 is 11.6 Å². The van der Waals surface area contributed by atoms with Gasteiger partial charge in [-0.25, -0.2) is 0 Å². The molecule has 1 amide bonds.